The minimum atomic E-state index is 1.23. The first-order valence-corrected chi connectivity index (χ1v) is 4.63. The van der Waals surface area contributed by atoms with Gasteiger partial charge in [0.15, 0.2) is 0 Å². The van der Waals surface area contributed by atoms with Crippen molar-refractivity contribution in [1.82, 2.24) is 0 Å². The monoisotopic (exact) mass is 158 g/mol. The summed E-state index contributed by atoms with van der Waals surface area (Å²) in [4.78, 5) is 0. The molecule has 0 fully saturated rings. The van der Waals surface area contributed by atoms with Crippen LogP contribution >= 0.6 is 0 Å². The zero-order chi connectivity index (χ0) is 8.39. The Morgan fingerprint density at radius 2 is 2.00 bits per heavy atom. The molecule has 0 unspecified atom stereocenters. The molecule has 0 radical (unpaired) electrons. The maximum absolute atomic E-state index is 2.35. The Morgan fingerprint density at radius 1 is 1.17 bits per heavy atom. The Hall–Kier alpha value is -1.04. The van der Waals surface area contributed by atoms with Crippen LogP contribution < -0.4 is 10.4 Å². The minimum absolute atomic E-state index is 1.23. The highest BCUT2D eigenvalue weighted by molar-refractivity contribution is 5.45. The van der Waals surface area contributed by atoms with Gasteiger partial charge in [0.2, 0.25) is 0 Å². The topological polar surface area (TPSA) is 0 Å². The third kappa shape index (κ3) is 1.29. The lowest BCUT2D eigenvalue weighted by Gasteiger charge is -1.95. The Labute approximate surface area is 73.2 Å². The summed E-state index contributed by atoms with van der Waals surface area (Å²) < 4.78 is 0. The van der Waals surface area contributed by atoms with Crippen LogP contribution in [0.15, 0.2) is 24.3 Å². The van der Waals surface area contributed by atoms with Crippen molar-refractivity contribution in [2.24, 2.45) is 0 Å². The van der Waals surface area contributed by atoms with Gasteiger partial charge < -0.3 is 0 Å². The van der Waals surface area contributed by atoms with Crippen molar-refractivity contribution >= 4 is 11.6 Å². The summed E-state index contributed by atoms with van der Waals surface area (Å²) in [6.07, 6.45) is 6.15. The molecule has 0 heterocycles. The predicted molar refractivity (Wildman–Crippen MR) is 53.1 cm³/mol. The lowest BCUT2D eigenvalue weighted by atomic mass is 10.1. The molecule has 0 amide bonds. The van der Waals surface area contributed by atoms with Gasteiger partial charge in [-0.25, -0.2) is 0 Å². The molecule has 0 bridgehead atoms. The van der Waals surface area contributed by atoms with Gasteiger partial charge in [0.1, 0.15) is 0 Å². The van der Waals surface area contributed by atoms with Crippen molar-refractivity contribution in [2.75, 3.05) is 0 Å². The summed E-state index contributed by atoms with van der Waals surface area (Å²) in [5, 5.41) is 2.88. The second-order valence-electron chi connectivity index (χ2n) is 3.46. The third-order valence-electron chi connectivity index (χ3n) is 2.54. The number of hydrogen-bond donors (Lipinski definition) is 0. The summed E-state index contributed by atoms with van der Waals surface area (Å²) >= 11 is 0. The first kappa shape index (κ1) is 7.60. The van der Waals surface area contributed by atoms with E-state index in [-0.39, 0.29) is 0 Å². The van der Waals surface area contributed by atoms with Crippen LogP contribution in [-0.4, -0.2) is 0 Å². The van der Waals surface area contributed by atoms with Crippen LogP contribution in [0.2, 0.25) is 0 Å². The van der Waals surface area contributed by atoms with E-state index in [9.17, 15) is 0 Å². The molecule has 2 rings (SSSR count). The third-order valence-corrected chi connectivity index (χ3v) is 2.54. The van der Waals surface area contributed by atoms with Crippen LogP contribution in [0.25, 0.3) is 11.6 Å². The van der Waals surface area contributed by atoms with Crippen molar-refractivity contribution in [2.45, 2.75) is 26.2 Å². The molecule has 0 spiro atoms. The van der Waals surface area contributed by atoms with Gasteiger partial charge in [-0.05, 0) is 36.6 Å². The second kappa shape index (κ2) is 3.14. The molecular formula is C12H14. The minimum Gasteiger partial charge on any atom is -0.0767 e. The molecule has 0 saturated heterocycles. The largest absolute Gasteiger partial charge is 0.0767 e. The van der Waals surface area contributed by atoms with E-state index in [1.807, 2.05) is 0 Å². The van der Waals surface area contributed by atoms with Gasteiger partial charge in [-0.15, -0.1) is 0 Å². The van der Waals surface area contributed by atoms with E-state index in [0.29, 0.717) is 0 Å². The summed E-state index contributed by atoms with van der Waals surface area (Å²) in [5.74, 6) is 0. The highest BCUT2D eigenvalue weighted by Gasteiger charge is 1.97. The lowest BCUT2D eigenvalue weighted by molar-refractivity contribution is 0.904. The van der Waals surface area contributed by atoms with E-state index in [1.54, 1.807) is 5.57 Å². The highest BCUT2D eigenvalue weighted by Crippen LogP contribution is 2.07. The maximum Gasteiger partial charge on any atom is -0.0198 e. The van der Waals surface area contributed by atoms with E-state index in [0.717, 1.165) is 0 Å². The smallest absolute Gasteiger partial charge is 0.0198 e. The second-order valence-corrected chi connectivity index (χ2v) is 3.46. The van der Waals surface area contributed by atoms with E-state index < -0.39 is 0 Å². The molecule has 62 valence electrons. The summed E-state index contributed by atoms with van der Waals surface area (Å²) in [5.41, 5.74) is 1.54. The van der Waals surface area contributed by atoms with Crippen molar-refractivity contribution in [3.63, 3.8) is 0 Å². The molecule has 1 aromatic rings. The molecule has 0 atom stereocenters. The molecule has 0 aliphatic heterocycles. The fourth-order valence-corrected chi connectivity index (χ4v) is 1.82. The van der Waals surface area contributed by atoms with E-state index in [1.165, 1.54) is 29.7 Å². The number of benzene rings is 1. The van der Waals surface area contributed by atoms with E-state index in [2.05, 4.69) is 37.3 Å². The van der Waals surface area contributed by atoms with Crippen LogP contribution in [0.1, 0.15) is 26.2 Å². The maximum atomic E-state index is 2.35. The van der Waals surface area contributed by atoms with Crippen LogP contribution in [-0.2, 0) is 0 Å². The Balaban J connectivity index is 2.81. The molecule has 0 saturated carbocycles. The summed E-state index contributed by atoms with van der Waals surface area (Å²) in [6.45, 7) is 2.25. The highest BCUT2D eigenvalue weighted by atomic mass is 14.0. The molecule has 1 aliphatic rings. The van der Waals surface area contributed by atoms with Crippen LogP contribution in [0.5, 0.6) is 0 Å². The van der Waals surface area contributed by atoms with Gasteiger partial charge >= 0.3 is 0 Å². The fraction of sp³-hybridized carbons (Fsp3) is 0.333. The molecule has 0 heteroatoms. The Bertz CT molecular complexity index is 385. The number of fused-ring (bicyclic) bond motifs is 1. The van der Waals surface area contributed by atoms with Crippen molar-refractivity contribution < 1.29 is 0 Å². The normalized spacial score (nSPS) is 16.2. The Kier molecular flexibility index (Phi) is 1.99. The molecule has 1 aliphatic carbocycles. The molecular weight excluding hydrogens is 144 g/mol. The molecule has 0 N–H and O–H groups in total. The molecule has 1 aromatic carbocycles. The molecule has 0 nitrogen and oxygen atoms in total. The average Bonchev–Trinajstić information content (AvgIpc) is 2.29. The van der Waals surface area contributed by atoms with Crippen molar-refractivity contribution in [1.29, 1.82) is 0 Å². The standard InChI is InChI=1S/C12H14/c1-10-6-2-3-7-11-8-4-5-9-12(10)11/h4-5,7-9H,2-3,6H2,1H3. The summed E-state index contributed by atoms with van der Waals surface area (Å²) in [6, 6.07) is 8.69. The van der Waals surface area contributed by atoms with Crippen LogP contribution in [0, 0.1) is 0 Å². The predicted octanol–water partition coefficient (Wildman–Crippen LogP) is 1.82. The van der Waals surface area contributed by atoms with Gasteiger partial charge in [-0.3, -0.25) is 0 Å². The van der Waals surface area contributed by atoms with E-state index in [4.69, 9.17) is 0 Å². The first-order chi connectivity index (χ1) is 5.88. The number of rotatable bonds is 0. The van der Waals surface area contributed by atoms with Crippen LogP contribution in [0.4, 0.5) is 0 Å². The zero-order valence-corrected chi connectivity index (χ0v) is 7.51. The number of hydrogen-bond acceptors (Lipinski definition) is 0. The van der Waals surface area contributed by atoms with Gasteiger partial charge in [0.05, 0.1) is 0 Å². The van der Waals surface area contributed by atoms with Crippen LogP contribution in [0.3, 0.4) is 0 Å². The molecule has 12 heavy (non-hydrogen) atoms. The average molecular weight is 158 g/mol. The van der Waals surface area contributed by atoms with E-state index >= 15 is 0 Å². The lowest BCUT2D eigenvalue weighted by Crippen LogP contribution is -2.24. The first-order valence-electron chi connectivity index (χ1n) is 4.63. The zero-order valence-electron chi connectivity index (χ0n) is 7.51. The van der Waals surface area contributed by atoms with Gasteiger partial charge in [0.25, 0.3) is 0 Å². The van der Waals surface area contributed by atoms with Gasteiger partial charge in [-0.2, -0.15) is 0 Å². The SMILES string of the molecule is CC1=c2ccccc2=CCCC1. The fourth-order valence-electron chi connectivity index (χ4n) is 1.82. The Morgan fingerprint density at radius 3 is 2.92 bits per heavy atom. The summed E-state index contributed by atoms with van der Waals surface area (Å²) in [7, 11) is 0. The van der Waals surface area contributed by atoms with Gasteiger partial charge in [0, 0.05) is 0 Å². The molecule has 0 aromatic heterocycles. The quantitative estimate of drug-likeness (QED) is 0.540. The van der Waals surface area contributed by atoms with Crippen molar-refractivity contribution in [3.8, 4) is 0 Å². The van der Waals surface area contributed by atoms with Crippen molar-refractivity contribution in [3.05, 3.63) is 34.7 Å². The van der Waals surface area contributed by atoms with Gasteiger partial charge in [-0.1, -0.05) is 35.9 Å².